The van der Waals surface area contributed by atoms with E-state index in [1.54, 1.807) is 41.3 Å². The third-order valence-electron chi connectivity index (χ3n) is 3.13. The number of amides is 1. The van der Waals surface area contributed by atoms with Crippen molar-refractivity contribution in [3.63, 3.8) is 0 Å². The number of furan rings is 1. The van der Waals surface area contributed by atoms with Gasteiger partial charge in [-0.15, -0.1) is 0 Å². The van der Waals surface area contributed by atoms with Gasteiger partial charge in [0, 0.05) is 31.9 Å². The minimum atomic E-state index is -0.496. The van der Waals surface area contributed by atoms with Crippen molar-refractivity contribution >= 4 is 23.6 Å². The molecule has 1 aromatic carbocycles. The largest absolute Gasteiger partial charge is 0.494 e. The van der Waals surface area contributed by atoms with Crippen molar-refractivity contribution in [3.05, 3.63) is 47.7 Å². The number of carbonyl (C=O) groups is 1. The maximum atomic E-state index is 12.2. The third kappa shape index (κ3) is 4.40. The highest BCUT2D eigenvalue weighted by Gasteiger charge is 2.11. The second-order valence-electron chi connectivity index (χ2n) is 5.15. The lowest BCUT2D eigenvalue weighted by molar-refractivity contribution is -0.112. The second-order valence-corrected chi connectivity index (χ2v) is 5.15. The van der Waals surface area contributed by atoms with E-state index in [0.29, 0.717) is 23.9 Å². The van der Waals surface area contributed by atoms with Crippen LogP contribution in [0, 0.1) is 11.3 Å². The van der Waals surface area contributed by atoms with Crippen molar-refractivity contribution in [1.29, 1.82) is 5.26 Å². The normalized spacial score (nSPS) is 10.8. The minimum Gasteiger partial charge on any atom is -0.494 e. The molecule has 0 aliphatic carbocycles. The highest BCUT2D eigenvalue weighted by Crippen LogP contribution is 2.20. The number of nitrogens with one attached hydrogen (secondary N) is 1. The van der Waals surface area contributed by atoms with Crippen LogP contribution in [0.3, 0.4) is 0 Å². The van der Waals surface area contributed by atoms with Gasteiger partial charge in [0.25, 0.3) is 5.91 Å². The number of rotatable bonds is 6. The molecule has 0 bridgehead atoms. The molecule has 124 valence electrons. The molecule has 0 aliphatic rings. The first kappa shape index (κ1) is 17.2. The zero-order chi connectivity index (χ0) is 17.5. The summed E-state index contributed by atoms with van der Waals surface area (Å²) in [4.78, 5) is 14.0. The van der Waals surface area contributed by atoms with Crippen LogP contribution < -0.4 is 15.0 Å². The highest BCUT2D eigenvalue weighted by molar-refractivity contribution is 6.09. The van der Waals surface area contributed by atoms with E-state index in [9.17, 15) is 10.1 Å². The van der Waals surface area contributed by atoms with Gasteiger partial charge >= 0.3 is 0 Å². The Kier molecular flexibility index (Phi) is 5.63. The van der Waals surface area contributed by atoms with E-state index in [1.165, 1.54) is 6.08 Å². The second kappa shape index (κ2) is 7.88. The van der Waals surface area contributed by atoms with Crippen LogP contribution in [0.25, 0.3) is 6.08 Å². The number of nitriles is 1. The molecule has 1 N–H and O–H groups in total. The zero-order valence-electron chi connectivity index (χ0n) is 13.9. The molecule has 0 radical (unpaired) electrons. The lowest BCUT2D eigenvalue weighted by Gasteiger charge is -2.07. The van der Waals surface area contributed by atoms with Gasteiger partial charge in [-0.3, -0.25) is 4.79 Å². The molecule has 0 spiro atoms. The van der Waals surface area contributed by atoms with Crippen LogP contribution >= 0.6 is 0 Å². The third-order valence-corrected chi connectivity index (χ3v) is 3.13. The van der Waals surface area contributed by atoms with Crippen LogP contribution in [0.15, 0.2) is 46.4 Å². The van der Waals surface area contributed by atoms with Crippen molar-refractivity contribution < 1.29 is 13.9 Å². The number of carbonyl (C=O) groups excluding carboxylic acids is 1. The summed E-state index contributed by atoms with van der Waals surface area (Å²) < 4.78 is 10.9. The van der Waals surface area contributed by atoms with Gasteiger partial charge < -0.3 is 19.4 Å². The molecule has 0 aliphatic heterocycles. The summed E-state index contributed by atoms with van der Waals surface area (Å²) in [6, 6.07) is 12.3. The Bertz CT molecular complexity index is 768. The average molecular weight is 325 g/mol. The molecule has 1 amide bonds. The molecular weight excluding hydrogens is 306 g/mol. The predicted molar refractivity (Wildman–Crippen MR) is 92.9 cm³/mol. The van der Waals surface area contributed by atoms with E-state index in [1.807, 2.05) is 27.1 Å². The Labute approximate surface area is 140 Å². The van der Waals surface area contributed by atoms with Crippen molar-refractivity contribution in [3.8, 4) is 11.8 Å². The standard InChI is InChI=1S/C18H19N3O3/c1-4-23-15-7-5-14(6-8-15)20-18(22)13(12-19)11-16-9-10-17(24-16)21(2)3/h5-11H,4H2,1-3H3,(H,20,22)/b13-11-. The number of ether oxygens (including phenoxy) is 1. The highest BCUT2D eigenvalue weighted by atomic mass is 16.5. The van der Waals surface area contributed by atoms with Gasteiger partial charge in [0.15, 0.2) is 5.88 Å². The quantitative estimate of drug-likeness (QED) is 0.651. The van der Waals surface area contributed by atoms with Gasteiger partial charge in [-0.2, -0.15) is 5.26 Å². The van der Waals surface area contributed by atoms with Gasteiger partial charge in [-0.25, -0.2) is 0 Å². The molecule has 0 atom stereocenters. The summed E-state index contributed by atoms with van der Waals surface area (Å²) in [5.41, 5.74) is 0.543. The maximum absolute atomic E-state index is 12.2. The molecule has 0 saturated carbocycles. The summed E-state index contributed by atoms with van der Waals surface area (Å²) in [6.45, 7) is 2.47. The predicted octanol–water partition coefficient (Wildman–Crippen LogP) is 3.29. The van der Waals surface area contributed by atoms with Crippen molar-refractivity contribution in [2.45, 2.75) is 6.92 Å². The summed E-state index contributed by atoms with van der Waals surface area (Å²) >= 11 is 0. The maximum Gasteiger partial charge on any atom is 0.266 e. The van der Waals surface area contributed by atoms with Crippen LogP contribution in [-0.4, -0.2) is 26.6 Å². The summed E-state index contributed by atoms with van der Waals surface area (Å²) in [5.74, 6) is 1.31. The molecule has 0 unspecified atom stereocenters. The fourth-order valence-corrected chi connectivity index (χ4v) is 1.95. The average Bonchev–Trinajstić information content (AvgIpc) is 3.03. The lowest BCUT2D eigenvalue weighted by atomic mass is 10.2. The SMILES string of the molecule is CCOc1ccc(NC(=O)/C(C#N)=C\c2ccc(N(C)C)o2)cc1. The van der Waals surface area contributed by atoms with Gasteiger partial charge in [0.05, 0.1) is 6.61 Å². The molecule has 0 saturated heterocycles. The molecule has 1 heterocycles. The Hall–Kier alpha value is -3.20. The number of hydrogen-bond donors (Lipinski definition) is 1. The Morgan fingerprint density at radius 1 is 1.29 bits per heavy atom. The lowest BCUT2D eigenvalue weighted by Crippen LogP contribution is -2.13. The summed E-state index contributed by atoms with van der Waals surface area (Å²) in [5, 5.41) is 11.9. The molecule has 6 heteroatoms. The van der Waals surface area contributed by atoms with Crippen molar-refractivity contribution in [2.24, 2.45) is 0 Å². The van der Waals surface area contributed by atoms with Gasteiger partial charge in [-0.1, -0.05) is 0 Å². The molecule has 24 heavy (non-hydrogen) atoms. The molecular formula is C18H19N3O3. The van der Waals surface area contributed by atoms with Gasteiger partial charge in [0.1, 0.15) is 23.2 Å². The van der Waals surface area contributed by atoms with E-state index in [-0.39, 0.29) is 5.57 Å². The van der Waals surface area contributed by atoms with Gasteiger partial charge in [-0.05, 0) is 37.3 Å². The number of benzene rings is 1. The smallest absolute Gasteiger partial charge is 0.266 e. The topological polar surface area (TPSA) is 78.5 Å². The summed E-state index contributed by atoms with van der Waals surface area (Å²) in [6.07, 6.45) is 1.41. The summed E-state index contributed by atoms with van der Waals surface area (Å²) in [7, 11) is 3.69. The van der Waals surface area contributed by atoms with Crippen LogP contribution in [-0.2, 0) is 4.79 Å². The van der Waals surface area contributed by atoms with Crippen LogP contribution in [0.2, 0.25) is 0 Å². The fourth-order valence-electron chi connectivity index (χ4n) is 1.95. The Morgan fingerprint density at radius 2 is 2.00 bits per heavy atom. The Balaban J connectivity index is 2.10. The van der Waals surface area contributed by atoms with Crippen molar-refractivity contribution in [1.82, 2.24) is 0 Å². The van der Waals surface area contributed by atoms with E-state index < -0.39 is 5.91 Å². The minimum absolute atomic E-state index is 0.0384. The van der Waals surface area contributed by atoms with E-state index >= 15 is 0 Å². The van der Waals surface area contributed by atoms with E-state index in [4.69, 9.17) is 9.15 Å². The first-order valence-electron chi connectivity index (χ1n) is 7.46. The monoisotopic (exact) mass is 325 g/mol. The van der Waals surface area contributed by atoms with Crippen LogP contribution in [0.4, 0.5) is 11.6 Å². The first-order chi connectivity index (χ1) is 11.5. The molecule has 0 fully saturated rings. The van der Waals surface area contributed by atoms with Crippen molar-refractivity contribution in [2.75, 3.05) is 30.9 Å². The van der Waals surface area contributed by atoms with Crippen LogP contribution in [0.5, 0.6) is 5.75 Å². The van der Waals surface area contributed by atoms with E-state index in [2.05, 4.69) is 5.32 Å². The van der Waals surface area contributed by atoms with Crippen LogP contribution in [0.1, 0.15) is 12.7 Å². The molecule has 1 aromatic heterocycles. The number of nitrogens with zero attached hydrogens (tertiary/aromatic N) is 2. The first-order valence-corrected chi connectivity index (χ1v) is 7.46. The molecule has 2 aromatic rings. The number of hydrogen-bond acceptors (Lipinski definition) is 5. The Morgan fingerprint density at radius 3 is 2.54 bits per heavy atom. The number of anilines is 2. The van der Waals surface area contributed by atoms with Gasteiger partial charge in [0.2, 0.25) is 0 Å². The molecule has 2 rings (SSSR count). The fraction of sp³-hybridized carbons (Fsp3) is 0.222. The van der Waals surface area contributed by atoms with E-state index in [0.717, 1.165) is 5.75 Å². The zero-order valence-corrected chi connectivity index (χ0v) is 13.9. The molecule has 6 nitrogen and oxygen atoms in total.